The third kappa shape index (κ3) is 3.94. The van der Waals surface area contributed by atoms with Crippen LogP contribution in [0.5, 0.6) is 0 Å². The highest BCUT2D eigenvalue weighted by atomic mass is 79.9. The third-order valence-electron chi connectivity index (χ3n) is 3.59. The van der Waals surface area contributed by atoms with Crippen molar-refractivity contribution in [2.24, 2.45) is 5.73 Å². The van der Waals surface area contributed by atoms with Crippen LogP contribution in [0.4, 0.5) is 0 Å². The minimum atomic E-state index is -0.133. The van der Waals surface area contributed by atoms with Gasteiger partial charge in [-0.2, -0.15) is 0 Å². The topological polar surface area (TPSA) is 55.1 Å². The molecule has 1 aliphatic rings. The van der Waals surface area contributed by atoms with Gasteiger partial charge in [-0.15, -0.1) is 12.4 Å². The van der Waals surface area contributed by atoms with E-state index in [9.17, 15) is 4.79 Å². The number of nitrogens with two attached hydrogens (primary N) is 1. The Hall–Kier alpha value is -0.580. The Morgan fingerprint density at radius 3 is 2.42 bits per heavy atom. The first kappa shape index (κ1) is 16.5. The molecular formula is C14H20BrClN2O. The van der Waals surface area contributed by atoms with Gasteiger partial charge in [-0.25, -0.2) is 0 Å². The van der Waals surface area contributed by atoms with Crippen molar-refractivity contribution in [1.29, 1.82) is 0 Å². The van der Waals surface area contributed by atoms with Crippen LogP contribution in [-0.2, 0) is 10.3 Å². The lowest BCUT2D eigenvalue weighted by Gasteiger charge is -2.43. The summed E-state index contributed by atoms with van der Waals surface area (Å²) >= 11 is 3.44. The molecule has 5 heteroatoms. The summed E-state index contributed by atoms with van der Waals surface area (Å²) in [6.07, 6.45) is 4.51. The van der Waals surface area contributed by atoms with Crippen LogP contribution in [0, 0.1) is 0 Å². The number of nitrogens with one attached hydrogen (secondary N) is 1. The lowest BCUT2D eigenvalue weighted by atomic mass is 9.71. The molecule has 0 unspecified atom stereocenters. The molecule has 0 bridgehead atoms. The average Bonchev–Trinajstić information content (AvgIpc) is 2.32. The Balaban J connectivity index is 0.00000180. The second-order valence-corrected chi connectivity index (χ2v) is 5.80. The van der Waals surface area contributed by atoms with Crippen LogP contribution in [-0.4, -0.2) is 12.5 Å². The van der Waals surface area contributed by atoms with E-state index in [1.807, 2.05) is 12.1 Å². The fourth-order valence-electron chi connectivity index (χ4n) is 2.38. The largest absolute Gasteiger partial charge is 0.347 e. The minimum absolute atomic E-state index is 0. The van der Waals surface area contributed by atoms with Gasteiger partial charge in [0.15, 0.2) is 0 Å². The molecule has 1 saturated carbocycles. The van der Waals surface area contributed by atoms with E-state index in [1.54, 1.807) is 0 Å². The summed E-state index contributed by atoms with van der Waals surface area (Å²) < 4.78 is 1.06. The molecule has 1 fully saturated rings. The van der Waals surface area contributed by atoms with E-state index in [4.69, 9.17) is 5.73 Å². The monoisotopic (exact) mass is 346 g/mol. The van der Waals surface area contributed by atoms with Gasteiger partial charge in [0.05, 0.1) is 5.54 Å². The van der Waals surface area contributed by atoms with Gasteiger partial charge in [0.25, 0.3) is 0 Å². The number of hydrogen-bond donors (Lipinski definition) is 2. The Labute approximate surface area is 128 Å². The van der Waals surface area contributed by atoms with E-state index in [2.05, 4.69) is 33.4 Å². The first-order chi connectivity index (χ1) is 8.66. The smallest absolute Gasteiger partial charge is 0.220 e. The fourth-order valence-corrected chi connectivity index (χ4v) is 2.64. The first-order valence-corrected chi connectivity index (χ1v) is 7.23. The summed E-state index contributed by atoms with van der Waals surface area (Å²) in [7, 11) is 0. The zero-order valence-corrected chi connectivity index (χ0v) is 13.2. The number of hydrogen-bond acceptors (Lipinski definition) is 2. The van der Waals surface area contributed by atoms with Crippen molar-refractivity contribution < 1.29 is 4.79 Å². The molecule has 19 heavy (non-hydrogen) atoms. The van der Waals surface area contributed by atoms with Crippen molar-refractivity contribution in [2.45, 2.75) is 37.6 Å². The molecule has 2 rings (SSSR count). The van der Waals surface area contributed by atoms with Crippen molar-refractivity contribution in [2.75, 3.05) is 6.54 Å². The van der Waals surface area contributed by atoms with Gasteiger partial charge in [-0.3, -0.25) is 4.79 Å². The molecule has 0 saturated heterocycles. The Kier molecular flexibility index (Phi) is 6.30. The molecule has 0 aromatic heterocycles. The van der Waals surface area contributed by atoms with Crippen molar-refractivity contribution in [3.8, 4) is 0 Å². The van der Waals surface area contributed by atoms with Crippen molar-refractivity contribution in [1.82, 2.24) is 5.32 Å². The zero-order valence-electron chi connectivity index (χ0n) is 10.8. The molecule has 0 radical (unpaired) electrons. The average molecular weight is 348 g/mol. The minimum Gasteiger partial charge on any atom is -0.347 e. The Bertz CT molecular complexity index is 418. The highest BCUT2D eigenvalue weighted by molar-refractivity contribution is 9.10. The number of carbonyl (C=O) groups excluding carboxylic acids is 1. The molecule has 0 aliphatic heterocycles. The Morgan fingerprint density at radius 2 is 1.95 bits per heavy atom. The molecule has 106 valence electrons. The fraction of sp³-hybridized carbons (Fsp3) is 0.500. The van der Waals surface area contributed by atoms with Gasteiger partial charge in [0, 0.05) is 10.9 Å². The van der Waals surface area contributed by atoms with Crippen molar-refractivity contribution >= 4 is 34.2 Å². The number of halogens is 2. The summed E-state index contributed by atoms with van der Waals surface area (Å²) in [5.41, 5.74) is 6.50. The molecule has 1 amide bonds. The van der Waals surface area contributed by atoms with Gasteiger partial charge < -0.3 is 11.1 Å². The summed E-state index contributed by atoms with van der Waals surface area (Å²) in [5, 5.41) is 3.19. The maximum Gasteiger partial charge on any atom is 0.220 e. The van der Waals surface area contributed by atoms with Crippen LogP contribution in [0.3, 0.4) is 0 Å². The van der Waals surface area contributed by atoms with E-state index in [0.29, 0.717) is 13.0 Å². The van der Waals surface area contributed by atoms with Gasteiger partial charge in [-0.1, -0.05) is 28.1 Å². The lowest BCUT2D eigenvalue weighted by molar-refractivity contribution is -0.124. The van der Waals surface area contributed by atoms with Gasteiger partial charge in [0.1, 0.15) is 0 Å². The Morgan fingerprint density at radius 1 is 1.32 bits per heavy atom. The van der Waals surface area contributed by atoms with Crippen LogP contribution >= 0.6 is 28.3 Å². The van der Waals surface area contributed by atoms with E-state index in [1.165, 1.54) is 12.0 Å². The second kappa shape index (κ2) is 7.27. The molecule has 3 nitrogen and oxygen atoms in total. The van der Waals surface area contributed by atoms with E-state index < -0.39 is 0 Å². The van der Waals surface area contributed by atoms with Crippen LogP contribution in [0.1, 0.15) is 37.7 Å². The maximum atomic E-state index is 11.9. The lowest BCUT2D eigenvalue weighted by Crippen LogP contribution is -2.50. The second-order valence-electron chi connectivity index (χ2n) is 4.88. The maximum absolute atomic E-state index is 11.9. The van der Waals surface area contributed by atoms with E-state index in [0.717, 1.165) is 23.7 Å². The SMILES string of the molecule is Cl.NCCCC(=O)NC1(c2ccc(Br)cc2)CCC1. The number of carbonyl (C=O) groups is 1. The normalized spacial score (nSPS) is 16.1. The quantitative estimate of drug-likeness (QED) is 0.860. The predicted molar refractivity (Wildman–Crippen MR) is 83.4 cm³/mol. The molecule has 3 N–H and O–H groups in total. The number of benzene rings is 1. The molecule has 0 atom stereocenters. The zero-order chi connectivity index (χ0) is 13.0. The molecule has 0 spiro atoms. The van der Waals surface area contributed by atoms with Crippen LogP contribution in [0.15, 0.2) is 28.7 Å². The van der Waals surface area contributed by atoms with Crippen molar-refractivity contribution in [3.63, 3.8) is 0 Å². The predicted octanol–water partition coefficient (Wildman–Crippen LogP) is 3.11. The molecular weight excluding hydrogens is 328 g/mol. The first-order valence-electron chi connectivity index (χ1n) is 6.43. The van der Waals surface area contributed by atoms with Gasteiger partial charge in [-0.05, 0) is 49.9 Å². The van der Waals surface area contributed by atoms with E-state index in [-0.39, 0.29) is 23.9 Å². The summed E-state index contributed by atoms with van der Waals surface area (Å²) in [4.78, 5) is 11.9. The van der Waals surface area contributed by atoms with Crippen LogP contribution in [0.2, 0.25) is 0 Å². The molecule has 1 aromatic rings. The highest BCUT2D eigenvalue weighted by Gasteiger charge is 2.39. The standard InChI is InChI=1S/C14H19BrN2O.ClH/c15-12-6-4-11(5-7-12)14(8-2-9-14)17-13(18)3-1-10-16;/h4-7H,1-3,8-10,16H2,(H,17,18);1H. The van der Waals surface area contributed by atoms with Crippen LogP contribution in [0.25, 0.3) is 0 Å². The van der Waals surface area contributed by atoms with Gasteiger partial charge >= 0.3 is 0 Å². The molecule has 1 aliphatic carbocycles. The van der Waals surface area contributed by atoms with Gasteiger partial charge in [0.2, 0.25) is 5.91 Å². The highest BCUT2D eigenvalue weighted by Crippen LogP contribution is 2.41. The summed E-state index contributed by atoms with van der Waals surface area (Å²) in [6, 6.07) is 8.24. The number of amides is 1. The third-order valence-corrected chi connectivity index (χ3v) is 4.12. The summed E-state index contributed by atoms with van der Waals surface area (Å²) in [5.74, 6) is 0.114. The molecule has 0 heterocycles. The van der Waals surface area contributed by atoms with E-state index >= 15 is 0 Å². The van der Waals surface area contributed by atoms with Crippen molar-refractivity contribution in [3.05, 3.63) is 34.3 Å². The molecule has 1 aromatic carbocycles. The van der Waals surface area contributed by atoms with Crippen LogP contribution < -0.4 is 11.1 Å². The summed E-state index contributed by atoms with van der Waals surface area (Å²) in [6.45, 7) is 0.568. The number of rotatable bonds is 5.